The molecule has 70 heavy (non-hydrogen) atoms. The van der Waals surface area contributed by atoms with Crippen molar-refractivity contribution in [2.75, 3.05) is 0 Å². The van der Waals surface area contributed by atoms with Gasteiger partial charge in [0.2, 0.25) is 0 Å². The molecule has 10 aromatic carbocycles. The third-order valence-corrected chi connectivity index (χ3v) is 14.2. The predicted molar refractivity (Wildman–Crippen MR) is 289 cm³/mol. The average molecular weight is 894 g/mol. The smallest absolute Gasteiger partial charge is 0.160 e. The van der Waals surface area contributed by atoms with Crippen LogP contribution in [0.2, 0.25) is 0 Å². The maximum atomic E-state index is 6.32. The lowest BCUT2D eigenvalue weighted by Crippen LogP contribution is -1.98. The fourth-order valence-electron chi connectivity index (χ4n) is 11.2. The van der Waals surface area contributed by atoms with Gasteiger partial charge in [0.25, 0.3) is 0 Å². The Hall–Kier alpha value is -9.52. The zero-order valence-electron chi connectivity index (χ0n) is 37.7. The summed E-state index contributed by atoms with van der Waals surface area (Å²) in [4.78, 5) is 10.4. The molecule has 0 aliphatic heterocycles. The lowest BCUT2D eigenvalue weighted by atomic mass is 10.1. The summed E-state index contributed by atoms with van der Waals surface area (Å²) in [6, 6.07) is 84.3. The summed E-state index contributed by atoms with van der Waals surface area (Å²) in [6.45, 7) is 0. The Morgan fingerprint density at radius 2 is 0.757 bits per heavy atom. The molecule has 0 fully saturated rings. The monoisotopic (exact) mass is 893 g/mol. The van der Waals surface area contributed by atoms with Gasteiger partial charge in [-0.2, -0.15) is 0 Å². The van der Waals surface area contributed by atoms with Gasteiger partial charge in [-0.05, 0) is 91.0 Å². The van der Waals surface area contributed by atoms with Gasteiger partial charge in [-0.1, -0.05) is 146 Å². The second-order valence-corrected chi connectivity index (χ2v) is 18.1. The van der Waals surface area contributed by atoms with E-state index in [0.29, 0.717) is 5.82 Å². The first-order chi connectivity index (χ1) is 34.7. The largest absolute Gasteiger partial charge is 0.456 e. The fourth-order valence-corrected chi connectivity index (χ4v) is 11.2. The lowest BCUT2D eigenvalue weighted by molar-refractivity contribution is 0.669. The second kappa shape index (κ2) is 15.0. The standard InChI is InChI=1S/C64H39N5O/c1-4-16-40(17-5-1)52-39-53(41-18-6-2-7-19-41)66-64(65-52)42-28-30-44(31-29-42)69-62-47(33-35-56-60(62)49-23-10-13-25-54(49)67(56)43-20-8-3-9-21-43)48-34-36-57-61(63(48)69)50-24-11-14-26-55(50)68(57)45-32-37-59-51(38-45)46-22-12-15-27-58(46)70-59/h1-39H. The van der Waals surface area contributed by atoms with Gasteiger partial charge >= 0.3 is 0 Å². The lowest BCUT2D eigenvalue weighted by Gasteiger charge is -2.13. The Labute approximate surface area is 401 Å². The summed E-state index contributed by atoms with van der Waals surface area (Å²) in [5.41, 5.74) is 16.7. The van der Waals surface area contributed by atoms with Crippen molar-refractivity contribution < 1.29 is 4.42 Å². The Kier molecular flexibility index (Phi) is 8.26. The molecule has 5 aromatic heterocycles. The van der Waals surface area contributed by atoms with Gasteiger partial charge in [0.05, 0.1) is 44.5 Å². The van der Waals surface area contributed by atoms with E-state index in [-0.39, 0.29) is 0 Å². The van der Waals surface area contributed by atoms with Crippen molar-refractivity contribution in [1.29, 1.82) is 0 Å². The minimum atomic E-state index is 0.676. The number of hydrogen-bond donors (Lipinski definition) is 0. The van der Waals surface area contributed by atoms with Gasteiger partial charge in [-0.15, -0.1) is 0 Å². The maximum Gasteiger partial charge on any atom is 0.160 e. The van der Waals surface area contributed by atoms with Crippen LogP contribution in [-0.2, 0) is 0 Å². The molecule has 5 heterocycles. The zero-order valence-corrected chi connectivity index (χ0v) is 37.7. The molecule has 6 nitrogen and oxygen atoms in total. The van der Waals surface area contributed by atoms with Crippen LogP contribution in [0.4, 0.5) is 0 Å². The van der Waals surface area contributed by atoms with Crippen LogP contribution in [0, 0.1) is 0 Å². The molecule has 15 aromatic rings. The van der Waals surface area contributed by atoms with Gasteiger partial charge in [0.1, 0.15) is 11.2 Å². The Morgan fingerprint density at radius 3 is 1.36 bits per heavy atom. The Balaban J connectivity index is 1.03. The molecule has 0 bridgehead atoms. The van der Waals surface area contributed by atoms with Crippen LogP contribution in [0.3, 0.4) is 0 Å². The van der Waals surface area contributed by atoms with Gasteiger partial charge in [-0.3, -0.25) is 0 Å². The Morgan fingerprint density at radius 1 is 0.286 bits per heavy atom. The summed E-state index contributed by atoms with van der Waals surface area (Å²) in [5.74, 6) is 0.676. The van der Waals surface area contributed by atoms with Crippen LogP contribution in [0.1, 0.15) is 0 Å². The number of fused-ring (bicyclic) bond motifs is 14. The number of para-hydroxylation sites is 4. The molecule has 0 aliphatic rings. The van der Waals surface area contributed by atoms with E-state index in [1.165, 1.54) is 32.3 Å². The van der Waals surface area contributed by atoms with Crippen LogP contribution in [0.25, 0.3) is 138 Å². The summed E-state index contributed by atoms with van der Waals surface area (Å²) in [6.07, 6.45) is 0. The van der Waals surface area contributed by atoms with Crippen LogP contribution < -0.4 is 0 Å². The van der Waals surface area contributed by atoms with E-state index in [0.717, 1.165) is 100 Å². The molecular weight excluding hydrogens is 855 g/mol. The molecule has 0 aliphatic carbocycles. The van der Waals surface area contributed by atoms with Crippen molar-refractivity contribution in [2.45, 2.75) is 0 Å². The minimum Gasteiger partial charge on any atom is -0.456 e. The average Bonchev–Trinajstić information content (AvgIpc) is 4.18. The second-order valence-electron chi connectivity index (χ2n) is 18.1. The molecule has 326 valence electrons. The van der Waals surface area contributed by atoms with Crippen molar-refractivity contribution in [2.24, 2.45) is 0 Å². The third-order valence-electron chi connectivity index (χ3n) is 14.2. The number of hydrogen-bond acceptors (Lipinski definition) is 3. The predicted octanol–water partition coefficient (Wildman–Crippen LogP) is 16.7. The van der Waals surface area contributed by atoms with E-state index >= 15 is 0 Å². The number of benzene rings is 10. The highest BCUT2D eigenvalue weighted by Crippen LogP contribution is 2.47. The summed E-state index contributed by atoms with van der Waals surface area (Å²) >= 11 is 0. The highest BCUT2D eigenvalue weighted by molar-refractivity contribution is 6.31. The number of rotatable bonds is 6. The SMILES string of the molecule is c1ccc(-c2cc(-c3ccccc3)nc(-c3ccc(-n4c5c(ccc6c5c5ccccc5n6-c5ccccc5)c5ccc6c(c7ccccc7n6-c6ccc7oc8ccccc8c7c6)c54)cc3)n2)cc1. The summed E-state index contributed by atoms with van der Waals surface area (Å²) < 4.78 is 13.7. The summed E-state index contributed by atoms with van der Waals surface area (Å²) in [7, 11) is 0. The third kappa shape index (κ3) is 5.68. The van der Waals surface area contributed by atoms with Crippen molar-refractivity contribution in [1.82, 2.24) is 23.7 Å². The highest BCUT2D eigenvalue weighted by Gasteiger charge is 2.25. The quantitative estimate of drug-likeness (QED) is 0.167. The highest BCUT2D eigenvalue weighted by atomic mass is 16.3. The van der Waals surface area contributed by atoms with E-state index in [4.69, 9.17) is 14.4 Å². The summed E-state index contributed by atoms with van der Waals surface area (Å²) in [5, 5.41) is 9.37. The molecule has 0 saturated heterocycles. The molecule has 0 saturated carbocycles. The van der Waals surface area contributed by atoms with E-state index in [1.807, 2.05) is 24.3 Å². The molecule has 15 rings (SSSR count). The number of furan rings is 1. The minimum absolute atomic E-state index is 0.676. The van der Waals surface area contributed by atoms with Gasteiger partial charge in [-0.25, -0.2) is 9.97 Å². The van der Waals surface area contributed by atoms with Crippen molar-refractivity contribution in [3.8, 4) is 51.0 Å². The van der Waals surface area contributed by atoms with Crippen LogP contribution in [0.5, 0.6) is 0 Å². The van der Waals surface area contributed by atoms with Crippen LogP contribution in [0.15, 0.2) is 241 Å². The normalized spacial score (nSPS) is 12.0. The van der Waals surface area contributed by atoms with Gasteiger partial charge < -0.3 is 18.1 Å². The van der Waals surface area contributed by atoms with Crippen LogP contribution >= 0.6 is 0 Å². The van der Waals surface area contributed by atoms with E-state index < -0.39 is 0 Å². The fraction of sp³-hybridized carbons (Fsp3) is 0. The number of aromatic nitrogens is 5. The molecule has 0 amide bonds. The first-order valence-corrected chi connectivity index (χ1v) is 23.7. The molecule has 0 N–H and O–H groups in total. The van der Waals surface area contributed by atoms with Gasteiger partial charge in [0, 0.05) is 76.8 Å². The number of nitrogens with zero attached hydrogens (tertiary/aromatic N) is 5. The van der Waals surface area contributed by atoms with Crippen molar-refractivity contribution in [3.05, 3.63) is 237 Å². The first kappa shape index (κ1) is 38.6. The topological polar surface area (TPSA) is 53.7 Å². The first-order valence-electron chi connectivity index (χ1n) is 23.7. The van der Waals surface area contributed by atoms with E-state index in [1.54, 1.807) is 0 Å². The molecule has 0 atom stereocenters. The van der Waals surface area contributed by atoms with Crippen LogP contribution in [-0.4, -0.2) is 23.7 Å². The maximum absolute atomic E-state index is 6.32. The van der Waals surface area contributed by atoms with Gasteiger partial charge in [0.15, 0.2) is 5.82 Å². The van der Waals surface area contributed by atoms with Crippen molar-refractivity contribution >= 4 is 87.4 Å². The van der Waals surface area contributed by atoms with E-state index in [9.17, 15) is 0 Å². The zero-order chi connectivity index (χ0) is 45.9. The Bertz CT molecular complexity index is 4500. The van der Waals surface area contributed by atoms with Crippen molar-refractivity contribution in [3.63, 3.8) is 0 Å². The molecule has 0 radical (unpaired) electrons. The molecular formula is C64H39N5O. The molecule has 0 spiro atoms. The van der Waals surface area contributed by atoms with E-state index in [2.05, 4.69) is 226 Å². The molecule has 6 heteroatoms. The molecule has 0 unspecified atom stereocenters.